The second-order valence-corrected chi connectivity index (χ2v) is 5.32. The van der Waals surface area contributed by atoms with Crippen molar-refractivity contribution in [3.63, 3.8) is 0 Å². The molecule has 0 fully saturated rings. The molecule has 0 radical (unpaired) electrons. The standard InChI is InChI=1S/C18H14N6O2/c19-8-1-3-14-4-6-16(17(11-14)24(25)26)20-12-15-5-7-18(21-13-15)23-10-2-9-22-23/h1-7,9-11,13,20H,12H2/b3-1-. The van der Waals surface area contributed by atoms with Gasteiger partial charge in [0.25, 0.3) is 5.69 Å². The van der Waals surface area contributed by atoms with Crippen LogP contribution in [0.2, 0.25) is 0 Å². The molecule has 0 amide bonds. The van der Waals surface area contributed by atoms with Crippen LogP contribution < -0.4 is 5.32 Å². The van der Waals surface area contributed by atoms with Crippen molar-refractivity contribution < 1.29 is 4.92 Å². The van der Waals surface area contributed by atoms with Crippen LogP contribution in [-0.2, 0) is 6.54 Å². The number of nitro benzene ring substituents is 1. The van der Waals surface area contributed by atoms with Crippen LogP contribution in [0.15, 0.2) is 61.1 Å². The molecular formula is C18H14N6O2. The molecular weight excluding hydrogens is 332 g/mol. The molecule has 0 aliphatic carbocycles. The summed E-state index contributed by atoms with van der Waals surface area (Å²) in [6, 6.07) is 12.1. The summed E-state index contributed by atoms with van der Waals surface area (Å²) in [4.78, 5) is 15.2. The van der Waals surface area contributed by atoms with Gasteiger partial charge in [0, 0.05) is 37.3 Å². The lowest BCUT2D eigenvalue weighted by molar-refractivity contribution is -0.384. The molecule has 3 rings (SSSR count). The van der Waals surface area contributed by atoms with Gasteiger partial charge in [-0.2, -0.15) is 10.4 Å². The zero-order valence-corrected chi connectivity index (χ0v) is 13.6. The summed E-state index contributed by atoms with van der Waals surface area (Å²) < 4.78 is 1.65. The fraction of sp³-hybridized carbons (Fsp3) is 0.0556. The third kappa shape index (κ3) is 3.91. The normalized spacial score (nSPS) is 10.6. The smallest absolute Gasteiger partial charge is 0.292 e. The van der Waals surface area contributed by atoms with E-state index in [0.717, 1.165) is 5.56 Å². The monoisotopic (exact) mass is 346 g/mol. The summed E-state index contributed by atoms with van der Waals surface area (Å²) in [6.45, 7) is 0.389. The molecule has 8 heteroatoms. The topological polar surface area (TPSA) is 110 Å². The Morgan fingerprint density at radius 1 is 1.35 bits per heavy atom. The predicted octanol–water partition coefficient (Wildman–Crippen LogP) is 3.32. The van der Waals surface area contributed by atoms with E-state index >= 15 is 0 Å². The average molecular weight is 346 g/mol. The van der Waals surface area contributed by atoms with Crippen molar-refractivity contribution in [3.8, 4) is 11.9 Å². The van der Waals surface area contributed by atoms with Crippen LogP contribution in [0.5, 0.6) is 0 Å². The van der Waals surface area contributed by atoms with E-state index in [0.29, 0.717) is 23.6 Å². The van der Waals surface area contributed by atoms with E-state index in [4.69, 9.17) is 5.26 Å². The van der Waals surface area contributed by atoms with Gasteiger partial charge in [-0.3, -0.25) is 10.1 Å². The molecule has 3 aromatic rings. The third-order valence-electron chi connectivity index (χ3n) is 3.60. The summed E-state index contributed by atoms with van der Waals surface area (Å²) in [5, 5.41) is 27.0. The fourth-order valence-electron chi connectivity index (χ4n) is 2.34. The average Bonchev–Trinajstić information content (AvgIpc) is 3.20. The number of allylic oxidation sites excluding steroid dienone is 1. The number of nitrogens with one attached hydrogen (secondary N) is 1. The van der Waals surface area contributed by atoms with Crippen LogP contribution in [-0.4, -0.2) is 19.7 Å². The molecule has 0 bridgehead atoms. The largest absolute Gasteiger partial charge is 0.375 e. The van der Waals surface area contributed by atoms with Crippen molar-refractivity contribution in [2.45, 2.75) is 6.54 Å². The number of hydrogen-bond acceptors (Lipinski definition) is 6. The number of nitrogens with zero attached hydrogens (tertiary/aromatic N) is 5. The highest BCUT2D eigenvalue weighted by Gasteiger charge is 2.14. The summed E-state index contributed by atoms with van der Waals surface area (Å²) in [6.07, 6.45) is 7.96. The molecule has 26 heavy (non-hydrogen) atoms. The van der Waals surface area contributed by atoms with E-state index in [9.17, 15) is 10.1 Å². The minimum Gasteiger partial charge on any atom is -0.375 e. The van der Waals surface area contributed by atoms with Gasteiger partial charge in [-0.1, -0.05) is 12.1 Å². The number of anilines is 1. The fourth-order valence-corrected chi connectivity index (χ4v) is 2.34. The Hall–Kier alpha value is -3.99. The molecule has 128 valence electrons. The van der Waals surface area contributed by atoms with Gasteiger partial charge < -0.3 is 5.32 Å². The second kappa shape index (κ2) is 7.72. The predicted molar refractivity (Wildman–Crippen MR) is 96.4 cm³/mol. The number of benzene rings is 1. The van der Waals surface area contributed by atoms with Gasteiger partial charge in [0.15, 0.2) is 5.82 Å². The van der Waals surface area contributed by atoms with E-state index in [1.807, 2.05) is 24.3 Å². The van der Waals surface area contributed by atoms with Crippen LogP contribution in [0, 0.1) is 21.4 Å². The number of hydrogen-bond donors (Lipinski definition) is 1. The van der Waals surface area contributed by atoms with E-state index in [-0.39, 0.29) is 5.69 Å². The minimum atomic E-state index is -0.453. The summed E-state index contributed by atoms with van der Waals surface area (Å²) in [5.74, 6) is 0.693. The van der Waals surface area contributed by atoms with Crippen LogP contribution in [0.25, 0.3) is 11.9 Å². The molecule has 1 aromatic carbocycles. The van der Waals surface area contributed by atoms with Crippen molar-refractivity contribution >= 4 is 17.5 Å². The van der Waals surface area contributed by atoms with E-state index in [2.05, 4.69) is 15.4 Å². The number of aromatic nitrogens is 3. The van der Waals surface area contributed by atoms with Crippen molar-refractivity contribution in [2.24, 2.45) is 0 Å². The molecule has 1 N–H and O–H groups in total. The first-order chi connectivity index (χ1) is 12.7. The van der Waals surface area contributed by atoms with Crippen LogP contribution in [0.4, 0.5) is 11.4 Å². The van der Waals surface area contributed by atoms with Gasteiger partial charge in [-0.15, -0.1) is 0 Å². The first-order valence-corrected chi connectivity index (χ1v) is 7.71. The zero-order valence-electron chi connectivity index (χ0n) is 13.6. The van der Waals surface area contributed by atoms with Crippen LogP contribution in [0.3, 0.4) is 0 Å². The van der Waals surface area contributed by atoms with Crippen LogP contribution >= 0.6 is 0 Å². The maximum absolute atomic E-state index is 11.3. The summed E-state index contributed by atoms with van der Waals surface area (Å²) in [7, 11) is 0. The lowest BCUT2D eigenvalue weighted by atomic mass is 10.1. The Morgan fingerprint density at radius 3 is 2.88 bits per heavy atom. The van der Waals surface area contributed by atoms with Crippen molar-refractivity contribution in [3.05, 3.63) is 82.3 Å². The number of nitro groups is 1. The Labute approximate surface area is 149 Å². The molecule has 8 nitrogen and oxygen atoms in total. The van der Waals surface area contributed by atoms with Crippen molar-refractivity contribution in [2.75, 3.05) is 5.32 Å². The number of pyridine rings is 1. The Bertz CT molecular complexity index is 972. The van der Waals surface area contributed by atoms with E-state index < -0.39 is 4.92 Å². The second-order valence-electron chi connectivity index (χ2n) is 5.32. The van der Waals surface area contributed by atoms with E-state index in [1.165, 1.54) is 18.2 Å². The summed E-state index contributed by atoms with van der Waals surface area (Å²) >= 11 is 0. The maximum atomic E-state index is 11.3. The number of rotatable bonds is 6. The first kappa shape index (κ1) is 16.9. The number of nitriles is 1. The lowest BCUT2D eigenvalue weighted by Gasteiger charge is -2.08. The van der Waals surface area contributed by atoms with Crippen molar-refractivity contribution in [1.82, 2.24) is 14.8 Å². The van der Waals surface area contributed by atoms with Crippen molar-refractivity contribution in [1.29, 1.82) is 5.26 Å². The molecule has 0 saturated carbocycles. The highest BCUT2D eigenvalue weighted by molar-refractivity contribution is 5.67. The highest BCUT2D eigenvalue weighted by Crippen LogP contribution is 2.26. The molecule has 0 atom stereocenters. The molecule has 0 aliphatic rings. The Kier molecular flexibility index (Phi) is 5.00. The highest BCUT2D eigenvalue weighted by atomic mass is 16.6. The molecule has 0 aliphatic heterocycles. The van der Waals surface area contributed by atoms with Gasteiger partial charge in [-0.25, -0.2) is 9.67 Å². The van der Waals surface area contributed by atoms with Gasteiger partial charge in [0.05, 0.1) is 11.0 Å². The Morgan fingerprint density at radius 2 is 2.23 bits per heavy atom. The van der Waals surface area contributed by atoms with Crippen LogP contribution in [0.1, 0.15) is 11.1 Å². The molecule has 2 heterocycles. The van der Waals surface area contributed by atoms with Gasteiger partial charge in [0.1, 0.15) is 5.69 Å². The summed E-state index contributed by atoms with van der Waals surface area (Å²) in [5.41, 5.74) is 1.82. The van der Waals surface area contributed by atoms with Gasteiger partial charge in [-0.05, 0) is 35.4 Å². The SMILES string of the molecule is N#C/C=C\c1ccc(NCc2ccc(-n3cccn3)nc2)c([N+](=O)[O-])c1. The molecule has 2 aromatic heterocycles. The molecule has 0 saturated heterocycles. The van der Waals surface area contributed by atoms with Gasteiger partial charge in [0.2, 0.25) is 0 Å². The minimum absolute atomic E-state index is 0.0498. The van der Waals surface area contributed by atoms with E-state index in [1.54, 1.807) is 35.4 Å². The molecule has 0 spiro atoms. The Balaban J connectivity index is 1.73. The third-order valence-corrected chi connectivity index (χ3v) is 3.60. The van der Waals surface area contributed by atoms with Gasteiger partial charge >= 0.3 is 0 Å². The quantitative estimate of drug-likeness (QED) is 0.416. The maximum Gasteiger partial charge on any atom is 0.292 e. The zero-order chi connectivity index (χ0) is 18.4. The first-order valence-electron chi connectivity index (χ1n) is 7.71. The lowest BCUT2D eigenvalue weighted by Crippen LogP contribution is -2.04. The molecule has 0 unspecified atom stereocenters.